The van der Waals surface area contributed by atoms with E-state index in [9.17, 15) is 0 Å². The fourth-order valence-corrected chi connectivity index (χ4v) is 5.23. The summed E-state index contributed by atoms with van der Waals surface area (Å²) in [5.41, 5.74) is 2.72. The van der Waals surface area contributed by atoms with Gasteiger partial charge in [0.05, 0.1) is 6.10 Å². The summed E-state index contributed by atoms with van der Waals surface area (Å²) < 4.78 is 6.34. The average molecular weight is 420 g/mol. The van der Waals surface area contributed by atoms with Crippen LogP contribution in [-0.2, 0) is 17.8 Å². The van der Waals surface area contributed by atoms with Gasteiger partial charge in [0, 0.05) is 37.4 Å². The Morgan fingerprint density at radius 1 is 0.867 bits per heavy atom. The quantitative estimate of drug-likeness (QED) is 0.479. The van der Waals surface area contributed by atoms with Crippen LogP contribution in [0.25, 0.3) is 0 Å². The van der Waals surface area contributed by atoms with Gasteiger partial charge in [-0.05, 0) is 30.5 Å². The van der Waals surface area contributed by atoms with E-state index in [1.165, 1.54) is 11.1 Å². The van der Waals surface area contributed by atoms with Gasteiger partial charge in [0.25, 0.3) is 0 Å². The summed E-state index contributed by atoms with van der Waals surface area (Å²) in [6.45, 7) is 6.34. The highest BCUT2D eigenvalue weighted by atomic mass is 32.2. The monoisotopic (exact) mass is 419 g/mol. The maximum Gasteiger partial charge on any atom is 0.190 e. The van der Waals surface area contributed by atoms with Gasteiger partial charge in [0.15, 0.2) is 5.16 Å². The largest absolute Gasteiger partial charge is 0.364 e. The van der Waals surface area contributed by atoms with Crippen molar-refractivity contribution in [1.29, 1.82) is 0 Å². The van der Waals surface area contributed by atoms with E-state index >= 15 is 0 Å². The molecule has 4 atom stereocenters. The number of benzene rings is 2. The molecule has 5 heteroatoms. The van der Waals surface area contributed by atoms with E-state index in [4.69, 9.17) is 4.74 Å². The van der Waals surface area contributed by atoms with Crippen LogP contribution in [0.1, 0.15) is 31.4 Å². The Kier molecular flexibility index (Phi) is 7.16. The molecular formula is C25H29N3OS. The molecule has 1 saturated heterocycles. The summed E-state index contributed by atoms with van der Waals surface area (Å²) in [4.78, 5) is 11.4. The second-order valence-electron chi connectivity index (χ2n) is 8.00. The number of aromatic nitrogens is 2. The van der Waals surface area contributed by atoms with Gasteiger partial charge in [-0.2, -0.15) is 0 Å². The van der Waals surface area contributed by atoms with Gasteiger partial charge in [-0.1, -0.05) is 79.3 Å². The van der Waals surface area contributed by atoms with Gasteiger partial charge in [0.1, 0.15) is 5.44 Å². The molecule has 2 heterocycles. The zero-order valence-electron chi connectivity index (χ0n) is 17.6. The summed E-state index contributed by atoms with van der Waals surface area (Å²) >= 11 is 1.64. The predicted octanol–water partition coefficient (Wildman–Crippen LogP) is 5.41. The fourth-order valence-electron chi connectivity index (χ4n) is 4.14. The number of hydrogen-bond donors (Lipinski definition) is 0. The van der Waals surface area contributed by atoms with Crippen molar-refractivity contribution in [3.05, 3.63) is 90.3 Å². The molecule has 1 aromatic heterocycles. The maximum absolute atomic E-state index is 6.34. The van der Waals surface area contributed by atoms with Gasteiger partial charge in [-0.15, -0.1) is 0 Å². The molecule has 30 heavy (non-hydrogen) atoms. The fraction of sp³-hybridized carbons (Fsp3) is 0.360. The molecular weight excluding hydrogens is 390 g/mol. The third-order valence-electron chi connectivity index (χ3n) is 5.67. The third kappa shape index (κ3) is 5.48. The van der Waals surface area contributed by atoms with E-state index in [2.05, 4.69) is 89.4 Å². The van der Waals surface area contributed by atoms with Crippen LogP contribution in [0.15, 0.2) is 84.3 Å². The lowest BCUT2D eigenvalue weighted by Crippen LogP contribution is -2.49. The first-order valence-corrected chi connectivity index (χ1v) is 11.5. The highest BCUT2D eigenvalue weighted by Gasteiger charge is 2.38. The van der Waals surface area contributed by atoms with Gasteiger partial charge < -0.3 is 4.74 Å². The van der Waals surface area contributed by atoms with Crippen LogP contribution < -0.4 is 0 Å². The van der Waals surface area contributed by atoms with Gasteiger partial charge >= 0.3 is 0 Å². The Balaban J connectivity index is 1.57. The van der Waals surface area contributed by atoms with E-state index in [-0.39, 0.29) is 11.5 Å². The van der Waals surface area contributed by atoms with E-state index in [0.717, 1.165) is 24.7 Å². The average Bonchev–Trinajstić information content (AvgIpc) is 2.78. The molecule has 4 nitrogen and oxygen atoms in total. The van der Waals surface area contributed by atoms with Crippen LogP contribution in [0.5, 0.6) is 0 Å². The van der Waals surface area contributed by atoms with E-state index in [1.54, 1.807) is 24.2 Å². The molecule has 1 aliphatic heterocycles. The van der Waals surface area contributed by atoms with Crippen molar-refractivity contribution in [3.8, 4) is 0 Å². The van der Waals surface area contributed by atoms with Crippen molar-refractivity contribution in [2.75, 3.05) is 0 Å². The molecule has 0 N–H and O–H groups in total. The lowest BCUT2D eigenvalue weighted by molar-refractivity contribution is -0.0722. The first-order chi connectivity index (χ1) is 14.7. The molecule has 2 aromatic carbocycles. The zero-order chi connectivity index (χ0) is 20.8. The molecule has 0 saturated carbocycles. The van der Waals surface area contributed by atoms with Crippen molar-refractivity contribution >= 4 is 11.8 Å². The SMILES string of the molecule is CC1CC(N(Cc2ccccc2)Cc2ccccc2)C(C)[C@H](Sc2ncccn2)O1. The maximum atomic E-state index is 6.34. The number of rotatable bonds is 7. The molecule has 4 rings (SSSR count). The minimum atomic E-state index is 0.0372. The van der Waals surface area contributed by atoms with Crippen molar-refractivity contribution < 1.29 is 4.74 Å². The first-order valence-electron chi connectivity index (χ1n) is 10.6. The normalized spacial score (nSPS) is 24.1. The zero-order valence-corrected chi connectivity index (χ0v) is 18.4. The van der Waals surface area contributed by atoms with E-state index < -0.39 is 0 Å². The lowest BCUT2D eigenvalue weighted by atomic mass is 9.91. The molecule has 1 fully saturated rings. The predicted molar refractivity (Wildman–Crippen MR) is 122 cm³/mol. The highest BCUT2D eigenvalue weighted by molar-refractivity contribution is 7.99. The van der Waals surface area contributed by atoms with Gasteiger partial charge in [0.2, 0.25) is 0 Å². The molecule has 0 bridgehead atoms. The van der Waals surface area contributed by atoms with Gasteiger partial charge in [-0.25, -0.2) is 9.97 Å². The second-order valence-corrected chi connectivity index (χ2v) is 9.07. The number of nitrogens with zero attached hydrogens (tertiary/aromatic N) is 3. The molecule has 1 aliphatic rings. The summed E-state index contributed by atoms with van der Waals surface area (Å²) in [6, 6.07) is 23.8. The second kappa shape index (κ2) is 10.2. The molecule has 156 valence electrons. The minimum Gasteiger partial charge on any atom is -0.364 e. The smallest absolute Gasteiger partial charge is 0.190 e. The van der Waals surface area contributed by atoms with Crippen LogP contribution in [-0.4, -0.2) is 32.4 Å². The molecule has 3 unspecified atom stereocenters. The summed E-state index contributed by atoms with van der Waals surface area (Å²) in [7, 11) is 0. The van der Waals surface area contributed by atoms with Crippen LogP contribution in [0.3, 0.4) is 0 Å². The van der Waals surface area contributed by atoms with Crippen molar-refractivity contribution in [1.82, 2.24) is 14.9 Å². The Hall–Kier alpha value is -2.21. The van der Waals surface area contributed by atoms with Crippen LogP contribution in [0, 0.1) is 5.92 Å². The Morgan fingerprint density at radius 3 is 2.00 bits per heavy atom. The van der Waals surface area contributed by atoms with Crippen LogP contribution >= 0.6 is 11.8 Å². The molecule has 3 aromatic rings. The topological polar surface area (TPSA) is 38.2 Å². The van der Waals surface area contributed by atoms with Crippen LogP contribution in [0.4, 0.5) is 0 Å². The van der Waals surface area contributed by atoms with E-state index in [1.807, 2.05) is 6.07 Å². The summed E-state index contributed by atoms with van der Waals surface area (Å²) in [6.07, 6.45) is 4.80. The molecule has 0 amide bonds. The number of thioether (sulfide) groups is 1. The Labute approximate surface area is 183 Å². The third-order valence-corrected chi connectivity index (χ3v) is 6.86. The van der Waals surface area contributed by atoms with Crippen molar-refractivity contribution in [2.24, 2.45) is 5.92 Å². The molecule has 0 spiro atoms. The number of hydrogen-bond acceptors (Lipinski definition) is 5. The standard InChI is InChI=1S/C25H29N3OS/c1-19-16-23(20(2)24(29-19)30-25-26-14-9-15-27-25)28(17-21-10-5-3-6-11-21)18-22-12-7-4-8-13-22/h3-15,19-20,23-24H,16-18H2,1-2H3/t19?,20?,23?,24-/m0/s1. The summed E-state index contributed by atoms with van der Waals surface area (Å²) in [5.74, 6) is 0.349. The van der Waals surface area contributed by atoms with Crippen LogP contribution in [0.2, 0.25) is 0 Å². The summed E-state index contributed by atoms with van der Waals surface area (Å²) in [5, 5.41) is 0.778. The molecule has 0 radical (unpaired) electrons. The van der Waals surface area contributed by atoms with Crippen molar-refractivity contribution in [3.63, 3.8) is 0 Å². The number of ether oxygens (including phenoxy) is 1. The molecule has 0 aliphatic carbocycles. The minimum absolute atomic E-state index is 0.0372. The Morgan fingerprint density at radius 2 is 1.43 bits per heavy atom. The van der Waals surface area contributed by atoms with Gasteiger partial charge in [-0.3, -0.25) is 4.90 Å². The Bertz CT molecular complexity index is 853. The van der Waals surface area contributed by atoms with Crippen molar-refractivity contribution in [2.45, 2.75) is 56.1 Å². The van der Waals surface area contributed by atoms with E-state index in [0.29, 0.717) is 12.0 Å². The first kappa shape index (κ1) is 21.0. The lowest BCUT2D eigenvalue weighted by Gasteiger charge is -2.44. The highest BCUT2D eigenvalue weighted by Crippen LogP contribution is 2.38.